The van der Waals surface area contributed by atoms with E-state index < -0.39 is 11.4 Å². The van der Waals surface area contributed by atoms with Gasteiger partial charge in [0.05, 0.1) is 38.6 Å². The number of fused-ring (bicyclic) bond motifs is 1. The van der Waals surface area contributed by atoms with Gasteiger partial charge in [0, 0.05) is 25.4 Å². The van der Waals surface area contributed by atoms with Gasteiger partial charge in [-0.2, -0.15) is 0 Å². The highest BCUT2D eigenvalue weighted by atomic mass is 16.7. The van der Waals surface area contributed by atoms with E-state index in [0.29, 0.717) is 44.9 Å². The molecule has 1 saturated carbocycles. The van der Waals surface area contributed by atoms with Crippen molar-refractivity contribution in [1.82, 2.24) is 0 Å². The molecule has 0 radical (unpaired) electrons. The van der Waals surface area contributed by atoms with Crippen LogP contribution in [0.15, 0.2) is 22.8 Å². The fourth-order valence-electron chi connectivity index (χ4n) is 7.89. The number of methoxy groups -OCH3 is 1. The standard InChI is InChI=1S/C25H36O6/c1-23-7-5-17-18-4-3-16-14-25(21(13-19(16)17)28-9-11-30-25)31-12-10-29-22(15-27-2)24(23,26)8-6-20(18)23/h5,18,20-22,26H,3-4,6-15H2,1-2H3/t18-,20-,21?,22?,23+,24+,25?/m1/s1. The molecule has 0 aromatic rings. The van der Waals surface area contributed by atoms with Gasteiger partial charge >= 0.3 is 0 Å². The largest absolute Gasteiger partial charge is 0.386 e. The Hall–Kier alpha value is -0.760. The number of allylic oxidation sites excluding steroid dienone is 2. The molecule has 4 aliphatic heterocycles. The van der Waals surface area contributed by atoms with E-state index in [1.54, 1.807) is 7.11 Å². The first kappa shape index (κ1) is 20.8. The zero-order valence-electron chi connectivity index (χ0n) is 18.9. The zero-order chi connectivity index (χ0) is 21.3. The highest BCUT2D eigenvalue weighted by molar-refractivity contribution is 5.46. The highest BCUT2D eigenvalue weighted by Gasteiger charge is 2.64. The number of hydrogen-bond acceptors (Lipinski definition) is 6. The molecule has 6 nitrogen and oxygen atoms in total. The molecule has 31 heavy (non-hydrogen) atoms. The Morgan fingerprint density at radius 1 is 1.13 bits per heavy atom. The van der Waals surface area contributed by atoms with Gasteiger partial charge in [-0.25, -0.2) is 0 Å². The van der Waals surface area contributed by atoms with Crippen molar-refractivity contribution in [2.24, 2.45) is 17.3 Å². The third-order valence-corrected chi connectivity index (χ3v) is 9.50. The molecule has 4 heterocycles. The van der Waals surface area contributed by atoms with E-state index in [1.807, 2.05) is 0 Å². The summed E-state index contributed by atoms with van der Waals surface area (Å²) >= 11 is 0. The lowest BCUT2D eigenvalue weighted by Crippen LogP contribution is -2.59. The summed E-state index contributed by atoms with van der Waals surface area (Å²) in [6.07, 6.45) is 8.65. The van der Waals surface area contributed by atoms with Crippen LogP contribution in [-0.4, -0.2) is 68.8 Å². The molecule has 2 saturated heterocycles. The molecule has 8 aliphatic rings. The molecule has 8 rings (SSSR count). The van der Waals surface area contributed by atoms with Crippen LogP contribution in [0, 0.1) is 17.3 Å². The van der Waals surface area contributed by atoms with Crippen molar-refractivity contribution in [2.75, 3.05) is 40.1 Å². The molecule has 172 valence electrons. The minimum absolute atomic E-state index is 0.0637. The fraction of sp³-hybridized carbons (Fsp3) is 0.840. The van der Waals surface area contributed by atoms with Gasteiger partial charge in [0.2, 0.25) is 0 Å². The van der Waals surface area contributed by atoms with Crippen LogP contribution < -0.4 is 0 Å². The first-order valence-electron chi connectivity index (χ1n) is 12.1. The average molecular weight is 433 g/mol. The first-order valence-corrected chi connectivity index (χ1v) is 12.1. The maximum absolute atomic E-state index is 12.1. The minimum Gasteiger partial charge on any atom is -0.386 e. The van der Waals surface area contributed by atoms with Gasteiger partial charge in [0.25, 0.3) is 0 Å². The topological polar surface area (TPSA) is 66.4 Å². The van der Waals surface area contributed by atoms with Crippen LogP contribution in [0.4, 0.5) is 0 Å². The fourth-order valence-corrected chi connectivity index (χ4v) is 7.89. The molecule has 0 aromatic heterocycles. The van der Waals surface area contributed by atoms with Crippen molar-refractivity contribution in [3.05, 3.63) is 22.8 Å². The number of rotatable bonds is 2. The van der Waals surface area contributed by atoms with Crippen molar-refractivity contribution in [3.63, 3.8) is 0 Å². The summed E-state index contributed by atoms with van der Waals surface area (Å²) in [6.45, 7) is 4.71. The van der Waals surface area contributed by atoms with E-state index in [0.717, 1.165) is 44.9 Å². The average Bonchev–Trinajstić information content (AvgIpc) is 3.05. The molecule has 6 heteroatoms. The monoisotopic (exact) mass is 432 g/mol. The third-order valence-electron chi connectivity index (χ3n) is 9.50. The minimum atomic E-state index is -0.890. The molecule has 1 N–H and O–H groups in total. The summed E-state index contributed by atoms with van der Waals surface area (Å²) in [7, 11) is 1.69. The van der Waals surface area contributed by atoms with E-state index in [-0.39, 0.29) is 17.6 Å². The van der Waals surface area contributed by atoms with Crippen LogP contribution in [0.2, 0.25) is 0 Å². The van der Waals surface area contributed by atoms with Crippen LogP contribution in [0.25, 0.3) is 0 Å². The van der Waals surface area contributed by atoms with Crippen molar-refractivity contribution in [2.45, 2.75) is 75.5 Å². The Labute approximate surface area is 184 Å². The van der Waals surface area contributed by atoms with E-state index in [4.69, 9.17) is 23.7 Å². The summed E-state index contributed by atoms with van der Waals surface area (Å²) in [4.78, 5) is 0. The van der Waals surface area contributed by atoms with Gasteiger partial charge in [0.1, 0.15) is 12.2 Å². The summed E-state index contributed by atoms with van der Waals surface area (Å²) in [5.41, 5.74) is 3.44. The molecule has 3 unspecified atom stereocenters. The molecule has 8 bridgehead atoms. The van der Waals surface area contributed by atoms with E-state index in [1.165, 1.54) is 16.7 Å². The predicted octanol–water partition coefficient (Wildman–Crippen LogP) is 3.14. The maximum Gasteiger partial charge on any atom is 0.199 e. The lowest BCUT2D eigenvalue weighted by molar-refractivity contribution is -0.330. The summed E-state index contributed by atoms with van der Waals surface area (Å²) in [5.74, 6) is 0.285. The second-order valence-corrected chi connectivity index (χ2v) is 10.6. The predicted molar refractivity (Wildman–Crippen MR) is 113 cm³/mol. The Kier molecular flexibility index (Phi) is 4.95. The molecule has 0 aromatic carbocycles. The molecule has 3 fully saturated rings. The Morgan fingerprint density at radius 2 is 1.94 bits per heavy atom. The molecular weight excluding hydrogens is 396 g/mol. The zero-order valence-corrected chi connectivity index (χ0v) is 18.9. The van der Waals surface area contributed by atoms with Crippen LogP contribution in [0.5, 0.6) is 0 Å². The van der Waals surface area contributed by atoms with Crippen molar-refractivity contribution < 1.29 is 28.8 Å². The van der Waals surface area contributed by atoms with Gasteiger partial charge in [0.15, 0.2) is 5.79 Å². The lowest BCUT2D eigenvalue weighted by atomic mass is 9.55. The first-order chi connectivity index (χ1) is 15.0. The van der Waals surface area contributed by atoms with Crippen LogP contribution in [0.1, 0.15) is 51.9 Å². The quantitative estimate of drug-likeness (QED) is 0.723. The van der Waals surface area contributed by atoms with Crippen LogP contribution in [-0.2, 0) is 23.7 Å². The lowest BCUT2D eigenvalue weighted by Gasteiger charge is -2.54. The van der Waals surface area contributed by atoms with Crippen LogP contribution >= 0.6 is 0 Å². The normalized spacial score (nSPS) is 49.2. The van der Waals surface area contributed by atoms with Gasteiger partial charge in [-0.05, 0) is 55.1 Å². The molecule has 0 amide bonds. The summed E-state index contributed by atoms with van der Waals surface area (Å²) in [6, 6.07) is 0. The second kappa shape index (κ2) is 7.37. The molecular formula is C25H36O6. The van der Waals surface area contributed by atoms with E-state index in [2.05, 4.69) is 13.0 Å². The summed E-state index contributed by atoms with van der Waals surface area (Å²) in [5, 5.41) is 12.1. The smallest absolute Gasteiger partial charge is 0.199 e. The Bertz CT molecular complexity index is 806. The summed E-state index contributed by atoms with van der Waals surface area (Å²) < 4.78 is 30.7. The Morgan fingerprint density at radius 3 is 2.74 bits per heavy atom. The molecule has 1 spiro atoms. The van der Waals surface area contributed by atoms with Gasteiger partial charge < -0.3 is 28.8 Å². The SMILES string of the molecule is COCC1OCCOC23CC4=C(CC2OCCO3)C2=CC[C@@]3(C)[C@H](CC[C@]13O)[C@@H]2CC4. The molecule has 4 aliphatic carbocycles. The van der Waals surface area contributed by atoms with Gasteiger partial charge in [-0.15, -0.1) is 0 Å². The van der Waals surface area contributed by atoms with Crippen LogP contribution in [0.3, 0.4) is 0 Å². The van der Waals surface area contributed by atoms with Gasteiger partial charge in [-0.3, -0.25) is 0 Å². The maximum atomic E-state index is 12.1. The number of hydrogen-bond donors (Lipinski definition) is 1. The highest BCUT2D eigenvalue weighted by Crippen LogP contribution is 2.64. The van der Waals surface area contributed by atoms with Gasteiger partial charge in [-0.1, -0.05) is 18.6 Å². The number of ether oxygens (including phenoxy) is 5. The second-order valence-electron chi connectivity index (χ2n) is 10.6. The molecule has 7 atom stereocenters. The van der Waals surface area contributed by atoms with Crippen molar-refractivity contribution >= 4 is 0 Å². The van der Waals surface area contributed by atoms with E-state index in [9.17, 15) is 5.11 Å². The third kappa shape index (κ3) is 2.85. The van der Waals surface area contributed by atoms with Crippen molar-refractivity contribution in [3.8, 4) is 0 Å². The Balaban J connectivity index is 1.46. The van der Waals surface area contributed by atoms with Crippen molar-refractivity contribution in [1.29, 1.82) is 0 Å². The number of aliphatic hydroxyl groups is 1. The van der Waals surface area contributed by atoms with E-state index >= 15 is 0 Å².